The minimum absolute atomic E-state index is 0.0774. The average molecular weight is 359 g/mol. The molecule has 2 aliphatic rings. The van der Waals surface area contributed by atoms with E-state index >= 15 is 0 Å². The predicted octanol–water partition coefficient (Wildman–Crippen LogP) is 1.11. The number of imide groups is 1. The van der Waals surface area contributed by atoms with E-state index in [2.05, 4.69) is 5.32 Å². The van der Waals surface area contributed by atoms with Gasteiger partial charge >= 0.3 is 6.03 Å². The van der Waals surface area contributed by atoms with Crippen LogP contribution in [0, 0.1) is 0 Å². The fraction of sp³-hybridized carbons (Fsp3) is 0.600. The molecule has 0 aromatic rings. The van der Waals surface area contributed by atoms with Crippen LogP contribution in [0.2, 0.25) is 0 Å². The van der Waals surface area contributed by atoms with E-state index in [0.717, 1.165) is 11.8 Å². The number of halogens is 2. The van der Waals surface area contributed by atoms with Crippen molar-refractivity contribution in [3.05, 3.63) is 9.40 Å². The molecule has 10 heteroatoms. The fourth-order valence-electron chi connectivity index (χ4n) is 1.80. The molecule has 1 unspecified atom stereocenters. The summed E-state index contributed by atoms with van der Waals surface area (Å²) < 4.78 is 22.9. The van der Waals surface area contributed by atoms with Gasteiger partial charge in [0.1, 0.15) is 0 Å². The zero-order valence-electron chi connectivity index (χ0n) is 10.3. The molecular weight excluding hydrogens is 347 g/mol. The lowest BCUT2D eigenvalue weighted by atomic mass is 10.3. The standard InChI is InChI=1S/C10H12Cl2N2O4S2/c11-6-5-7(19-8(6)12)9(15)13-10(16)14-1-3-20(17,18)4-2-14/h7H,1-5H2,(H,13,15,16). The molecule has 2 rings (SSSR count). The van der Waals surface area contributed by atoms with Crippen molar-refractivity contribution in [2.24, 2.45) is 0 Å². The molecule has 1 fully saturated rings. The monoisotopic (exact) mass is 358 g/mol. The Hall–Kier alpha value is -0.440. The number of sulfone groups is 1. The fourth-order valence-corrected chi connectivity index (χ4v) is 4.66. The first kappa shape index (κ1) is 15.9. The van der Waals surface area contributed by atoms with Crippen LogP contribution in [0.5, 0.6) is 0 Å². The first-order valence-corrected chi connectivity index (χ1v) is 9.25. The molecule has 112 valence electrons. The molecule has 0 radical (unpaired) electrons. The topological polar surface area (TPSA) is 83.6 Å². The second-order valence-corrected chi connectivity index (χ2v) is 9.00. The van der Waals surface area contributed by atoms with E-state index in [0.29, 0.717) is 15.8 Å². The third-order valence-corrected chi connectivity index (χ3v) is 6.75. The van der Waals surface area contributed by atoms with Crippen LogP contribution in [0.15, 0.2) is 9.40 Å². The maximum absolute atomic E-state index is 11.9. The second kappa shape index (κ2) is 6.13. The highest BCUT2D eigenvalue weighted by molar-refractivity contribution is 8.06. The van der Waals surface area contributed by atoms with E-state index < -0.39 is 27.0 Å². The molecule has 0 aromatic carbocycles. The van der Waals surface area contributed by atoms with Gasteiger partial charge in [-0.25, -0.2) is 13.2 Å². The minimum atomic E-state index is -3.06. The summed E-state index contributed by atoms with van der Waals surface area (Å²) in [5.41, 5.74) is 0. The lowest BCUT2D eigenvalue weighted by Gasteiger charge is -2.26. The van der Waals surface area contributed by atoms with Crippen molar-refractivity contribution < 1.29 is 18.0 Å². The van der Waals surface area contributed by atoms with Crippen molar-refractivity contribution >= 4 is 56.7 Å². The largest absolute Gasteiger partial charge is 0.324 e. The number of carbonyl (C=O) groups excluding carboxylic acids is 2. The average Bonchev–Trinajstić information content (AvgIpc) is 2.69. The Labute approximate surface area is 130 Å². The molecule has 0 spiro atoms. The van der Waals surface area contributed by atoms with Crippen molar-refractivity contribution in [3.8, 4) is 0 Å². The molecule has 6 nitrogen and oxygen atoms in total. The minimum Gasteiger partial charge on any atom is -0.322 e. The van der Waals surface area contributed by atoms with Crippen LogP contribution in [0.25, 0.3) is 0 Å². The van der Waals surface area contributed by atoms with Gasteiger partial charge in [-0.2, -0.15) is 0 Å². The quantitative estimate of drug-likeness (QED) is 0.758. The van der Waals surface area contributed by atoms with Crippen LogP contribution in [-0.4, -0.2) is 55.1 Å². The maximum Gasteiger partial charge on any atom is 0.324 e. The second-order valence-electron chi connectivity index (χ2n) is 4.42. The lowest BCUT2D eigenvalue weighted by Crippen LogP contribution is -2.51. The van der Waals surface area contributed by atoms with Crippen molar-refractivity contribution in [1.29, 1.82) is 0 Å². The Balaban J connectivity index is 1.85. The van der Waals surface area contributed by atoms with Crippen molar-refractivity contribution in [2.45, 2.75) is 11.7 Å². The molecule has 0 aliphatic carbocycles. The van der Waals surface area contributed by atoms with Crippen molar-refractivity contribution in [2.75, 3.05) is 24.6 Å². The van der Waals surface area contributed by atoms with Crippen LogP contribution in [0.4, 0.5) is 4.79 Å². The Kier molecular flexibility index (Phi) is 4.88. The van der Waals surface area contributed by atoms with E-state index in [9.17, 15) is 18.0 Å². The molecule has 1 saturated heterocycles. The third kappa shape index (κ3) is 3.81. The number of hydrogen-bond donors (Lipinski definition) is 1. The summed E-state index contributed by atoms with van der Waals surface area (Å²) in [4.78, 5) is 25.0. The van der Waals surface area contributed by atoms with Gasteiger partial charge in [-0.15, -0.1) is 0 Å². The van der Waals surface area contributed by atoms with Gasteiger partial charge in [0.05, 0.1) is 21.1 Å². The number of rotatable bonds is 1. The van der Waals surface area contributed by atoms with Crippen LogP contribution in [-0.2, 0) is 14.6 Å². The smallest absolute Gasteiger partial charge is 0.322 e. The molecule has 2 aliphatic heterocycles. The molecule has 0 saturated carbocycles. The number of urea groups is 1. The molecule has 1 N–H and O–H groups in total. The van der Waals surface area contributed by atoms with Crippen molar-refractivity contribution in [1.82, 2.24) is 10.2 Å². The zero-order chi connectivity index (χ0) is 14.9. The SMILES string of the molecule is O=C(NC(=O)N1CCS(=O)(=O)CC1)C1CC(Cl)=C(Cl)S1. The Morgan fingerprint density at radius 3 is 2.35 bits per heavy atom. The molecule has 20 heavy (non-hydrogen) atoms. The van der Waals surface area contributed by atoms with E-state index in [4.69, 9.17) is 23.2 Å². The van der Waals surface area contributed by atoms with Gasteiger partial charge in [0, 0.05) is 24.5 Å². The number of carbonyl (C=O) groups is 2. The number of allylic oxidation sites excluding steroid dienone is 1. The summed E-state index contributed by atoms with van der Waals surface area (Å²) in [7, 11) is -3.06. The first-order chi connectivity index (χ1) is 9.28. The highest BCUT2D eigenvalue weighted by Crippen LogP contribution is 2.41. The van der Waals surface area contributed by atoms with Crippen LogP contribution in [0.3, 0.4) is 0 Å². The van der Waals surface area contributed by atoms with E-state index in [1.54, 1.807) is 0 Å². The van der Waals surface area contributed by atoms with Gasteiger partial charge < -0.3 is 4.90 Å². The Morgan fingerprint density at radius 1 is 1.25 bits per heavy atom. The normalized spacial score (nSPS) is 25.7. The van der Waals surface area contributed by atoms with Gasteiger partial charge in [0.15, 0.2) is 9.84 Å². The summed E-state index contributed by atoms with van der Waals surface area (Å²) >= 11 is 12.7. The van der Waals surface area contributed by atoms with Gasteiger partial charge in [0.2, 0.25) is 5.91 Å². The number of nitrogens with zero attached hydrogens (tertiary/aromatic N) is 1. The van der Waals surface area contributed by atoms with Gasteiger partial charge in [-0.1, -0.05) is 35.0 Å². The molecule has 0 bridgehead atoms. The lowest BCUT2D eigenvalue weighted by molar-refractivity contribution is -0.119. The van der Waals surface area contributed by atoms with Gasteiger partial charge in [-0.3, -0.25) is 10.1 Å². The zero-order valence-corrected chi connectivity index (χ0v) is 13.4. The summed E-state index contributed by atoms with van der Waals surface area (Å²) in [5, 5.41) is 2.14. The Morgan fingerprint density at radius 2 is 1.85 bits per heavy atom. The first-order valence-electron chi connectivity index (χ1n) is 5.79. The highest BCUT2D eigenvalue weighted by atomic mass is 35.5. The molecule has 0 aromatic heterocycles. The van der Waals surface area contributed by atoms with E-state index in [-0.39, 0.29) is 24.6 Å². The Bertz CT molecular complexity index is 548. The van der Waals surface area contributed by atoms with Crippen molar-refractivity contribution in [3.63, 3.8) is 0 Å². The summed E-state index contributed by atoms with van der Waals surface area (Å²) in [5.74, 6) is -0.625. The molecule has 2 heterocycles. The predicted molar refractivity (Wildman–Crippen MR) is 78.5 cm³/mol. The van der Waals surface area contributed by atoms with Gasteiger partial charge in [-0.05, 0) is 0 Å². The third-order valence-electron chi connectivity index (χ3n) is 2.98. The highest BCUT2D eigenvalue weighted by Gasteiger charge is 2.32. The molecular formula is C10H12Cl2N2O4S2. The number of nitrogens with one attached hydrogen (secondary N) is 1. The number of hydrogen-bond acceptors (Lipinski definition) is 5. The van der Waals surface area contributed by atoms with Crippen LogP contribution < -0.4 is 5.32 Å². The molecule has 3 amide bonds. The summed E-state index contributed by atoms with van der Waals surface area (Å²) in [6, 6.07) is -0.579. The summed E-state index contributed by atoms with van der Waals surface area (Å²) in [6.07, 6.45) is 0.290. The maximum atomic E-state index is 11.9. The summed E-state index contributed by atoms with van der Waals surface area (Å²) in [6.45, 7) is 0.192. The van der Waals surface area contributed by atoms with E-state index in [1.807, 2.05) is 0 Å². The molecule has 1 atom stereocenters. The number of amides is 3. The van der Waals surface area contributed by atoms with E-state index in [1.165, 1.54) is 4.90 Å². The van der Waals surface area contributed by atoms with Gasteiger partial charge in [0.25, 0.3) is 0 Å². The van der Waals surface area contributed by atoms with Crippen LogP contribution in [0.1, 0.15) is 6.42 Å². The van der Waals surface area contributed by atoms with Crippen LogP contribution >= 0.6 is 35.0 Å². The number of thioether (sulfide) groups is 1.